The second kappa shape index (κ2) is 13.2. The minimum absolute atomic E-state index is 0. The minimum atomic E-state index is -0.153. The van der Waals surface area contributed by atoms with Crippen LogP contribution in [0.4, 0.5) is 5.13 Å². The van der Waals surface area contributed by atoms with Crippen LogP contribution >= 0.6 is 23.7 Å². The van der Waals surface area contributed by atoms with Crippen LogP contribution in [0.25, 0.3) is 10.2 Å². The van der Waals surface area contributed by atoms with Gasteiger partial charge < -0.3 is 19.1 Å². The first-order valence-electron chi connectivity index (χ1n) is 10.9. The van der Waals surface area contributed by atoms with Crippen molar-refractivity contribution >= 4 is 45.0 Å². The number of hydrogen-bond acceptors (Lipinski definition) is 7. The van der Waals surface area contributed by atoms with Gasteiger partial charge in [-0.1, -0.05) is 43.4 Å². The van der Waals surface area contributed by atoms with Crippen LogP contribution in [0, 0.1) is 0 Å². The molecule has 0 saturated carbocycles. The number of carbonyl (C=O) groups is 1. The van der Waals surface area contributed by atoms with Gasteiger partial charge in [-0.05, 0) is 44.3 Å². The van der Waals surface area contributed by atoms with Crippen molar-refractivity contribution in [3.63, 3.8) is 0 Å². The molecular formula is C24H32ClN3O4S. The molecule has 7 nitrogen and oxygen atoms in total. The van der Waals surface area contributed by atoms with Crippen molar-refractivity contribution in [2.75, 3.05) is 51.4 Å². The second-order valence-electron chi connectivity index (χ2n) is 7.04. The average molecular weight is 494 g/mol. The lowest BCUT2D eigenvalue weighted by atomic mass is 10.3. The monoisotopic (exact) mass is 493 g/mol. The molecule has 2 aromatic carbocycles. The van der Waals surface area contributed by atoms with E-state index in [1.54, 1.807) is 24.1 Å². The number of methoxy groups -OCH3 is 1. The van der Waals surface area contributed by atoms with Crippen LogP contribution in [0.15, 0.2) is 42.5 Å². The van der Waals surface area contributed by atoms with Gasteiger partial charge in [0, 0.05) is 13.1 Å². The zero-order chi connectivity index (χ0) is 22.9. The number of anilines is 1. The molecule has 0 aliphatic heterocycles. The predicted octanol–water partition coefficient (Wildman–Crippen LogP) is 4.88. The van der Waals surface area contributed by atoms with Crippen LogP contribution in [0.3, 0.4) is 0 Å². The summed E-state index contributed by atoms with van der Waals surface area (Å²) in [4.78, 5) is 22.0. The van der Waals surface area contributed by atoms with E-state index < -0.39 is 0 Å². The Balaban J connectivity index is 0.00000385. The second-order valence-corrected chi connectivity index (χ2v) is 8.05. The maximum Gasteiger partial charge on any atom is 0.266 e. The standard InChI is InChI=1S/C24H31N3O4S.ClH/c1-5-26(6-2)15-16-27(22(28)17-31-19-12-9-8-11-18(19)29-4)24-25-23-20(30-7-3)13-10-14-21(23)32-24;/h8-14H,5-7,15-17H2,1-4H3;1H. The molecule has 1 aromatic heterocycles. The van der Waals surface area contributed by atoms with Crippen molar-refractivity contribution in [2.45, 2.75) is 20.8 Å². The van der Waals surface area contributed by atoms with E-state index >= 15 is 0 Å². The third-order valence-electron chi connectivity index (χ3n) is 5.16. The number of benzene rings is 2. The van der Waals surface area contributed by atoms with Gasteiger partial charge in [0.1, 0.15) is 11.3 Å². The molecule has 0 radical (unpaired) electrons. The number of rotatable bonds is 12. The zero-order valence-electron chi connectivity index (χ0n) is 19.6. The van der Waals surface area contributed by atoms with E-state index in [1.807, 2.05) is 37.3 Å². The van der Waals surface area contributed by atoms with E-state index in [1.165, 1.54) is 11.3 Å². The molecule has 0 atom stereocenters. The fourth-order valence-corrected chi connectivity index (χ4v) is 4.39. The average Bonchev–Trinajstić information content (AvgIpc) is 3.25. The van der Waals surface area contributed by atoms with Gasteiger partial charge in [-0.2, -0.15) is 0 Å². The number of para-hydroxylation sites is 3. The predicted molar refractivity (Wildman–Crippen MR) is 137 cm³/mol. The van der Waals surface area contributed by atoms with Gasteiger partial charge in [0.25, 0.3) is 5.91 Å². The SMILES string of the molecule is CCOc1cccc2sc(N(CCN(CC)CC)C(=O)COc3ccccc3OC)nc12.Cl. The zero-order valence-corrected chi connectivity index (χ0v) is 21.2. The Labute approximate surface area is 205 Å². The van der Waals surface area contributed by atoms with Crippen LogP contribution < -0.4 is 19.1 Å². The van der Waals surface area contributed by atoms with Crippen molar-refractivity contribution < 1.29 is 19.0 Å². The van der Waals surface area contributed by atoms with Crippen LogP contribution in [0.1, 0.15) is 20.8 Å². The summed E-state index contributed by atoms with van der Waals surface area (Å²) in [7, 11) is 1.58. The highest BCUT2D eigenvalue weighted by Crippen LogP contribution is 2.34. The number of ether oxygens (including phenoxy) is 3. The summed E-state index contributed by atoms with van der Waals surface area (Å²) in [5.41, 5.74) is 0.778. The van der Waals surface area contributed by atoms with Crippen LogP contribution in [0.5, 0.6) is 17.2 Å². The smallest absolute Gasteiger partial charge is 0.266 e. The van der Waals surface area contributed by atoms with Crippen molar-refractivity contribution in [2.24, 2.45) is 0 Å². The lowest BCUT2D eigenvalue weighted by Crippen LogP contribution is -2.41. The van der Waals surface area contributed by atoms with E-state index in [4.69, 9.17) is 19.2 Å². The lowest BCUT2D eigenvalue weighted by molar-refractivity contribution is -0.120. The minimum Gasteiger partial charge on any atom is -0.493 e. The number of likely N-dealkylation sites (N-methyl/N-ethyl adjacent to an activating group) is 1. The fourth-order valence-electron chi connectivity index (χ4n) is 3.36. The molecule has 33 heavy (non-hydrogen) atoms. The molecule has 0 spiro atoms. The van der Waals surface area contributed by atoms with Crippen molar-refractivity contribution in [3.8, 4) is 17.2 Å². The summed E-state index contributed by atoms with van der Waals surface area (Å²) < 4.78 is 17.9. The molecule has 1 amide bonds. The molecule has 9 heteroatoms. The van der Waals surface area contributed by atoms with E-state index in [9.17, 15) is 4.79 Å². The first-order chi connectivity index (χ1) is 15.6. The maximum atomic E-state index is 13.3. The quantitative estimate of drug-likeness (QED) is 0.358. The van der Waals surface area contributed by atoms with Crippen molar-refractivity contribution in [1.82, 2.24) is 9.88 Å². The topological polar surface area (TPSA) is 64.1 Å². The van der Waals surface area contributed by atoms with Crippen molar-refractivity contribution in [3.05, 3.63) is 42.5 Å². The fraction of sp³-hybridized carbons (Fsp3) is 0.417. The molecule has 0 aliphatic rings. The van der Waals surface area contributed by atoms with Gasteiger partial charge in [-0.25, -0.2) is 4.98 Å². The number of halogens is 1. The Morgan fingerprint density at radius 1 is 0.939 bits per heavy atom. The molecule has 0 unspecified atom stereocenters. The summed E-state index contributed by atoms with van der Waals surface area (Å²) in [5.74, 6) is 1.71. The molecule has 1 heterocycles. The van der Waals surface area contributed by atoms with Gasteiger partial charge in [-0.15, -0.1) is 12.4 Å². The number of amides is 1. The molecule has 3 rings (SSSR count). The van der Waals surface area contributed by atoms with E-state index in [-0.39, 0.29) is 24.9 Å². The number of nitrogens with zero attached hydrogens (tertiary/aromatic N) is 3. The molecule has 3 aromatic rings. The highest BCUT2D eigenvalue weighted by Gasteiger charge is 2.22. The third kappa shape index (κ3) is 6.72. The molecule has 0 fully saturated rings. The normalized spacial score (nSPS) is 10.7. The highest BCUT2D eigenvalue weighted by atomic mass is 35.5. The molecule has 0 saturated heterocycles. The first kappa shape index (κ1) is 26.7. The van der Waals surface area contributed by atoms with Crippen LogP contribution in [0.2, 0.25) is 0 Å². The van der Waals surface area contributed by atoms with Gasteiger partial charge in [0.05, 0.1) is 18.4 Å². The Kier molecular flexibility index (Phi) is 10.7. The Morgan fingerprint density at radius 3 is 2.30 bits per heavy atom. The van der Waals surface area contributed by atoms with E-state index in [0.717, 1.165) is 35.6 Å². The van der Waals surface area contributed by atoms with Gasteiger partial charge in [0.2, 0.25) is 0 Å². The number of carbonyl (C=O) groups excluding carboxylic acids is 1. The molecule has 180 valence electrons. The molecule has 0 bridgehead atoms. The number of hydrogen-bond donors (Lipinski definition) is 0. The Bertz CT molecular complexity index is 1030. The summed E-state index contributed by atoms with van der Waals surface area (Å²) >= 11 is 1.49. The molecular weight excluding hydrogens is 462 g/mol. The Morgan fingerprint density at radius 2 is 1.64 bits per heavy atom. The van der Waals surface area contributed by atoms with Gasteiger partial charge >= 0.3 is 0 Å². The summed E-state index contributed by atoms with van der Waals surface area (Å²) in [6.07, 6.45) is 0. The third-order valence-corrected chi connectivity index (χ3v) is 6.20. The lowest BCUT2D eigenvalue weighted by Gasteiger charge is -2.24. The van der Waals surface area contributed by atoms with Crippen LogP contribution in [-0.2, 0) is 4.79 Å². The van der Waals surface area contributed by atoms with Crippen molar-refractivity contribution in [1.29, 1.82) is 0 Å². The highest BCUT2D eigenvalue weighted by molar-refractivity contribution is 7.22. The summed E-state index contributed by atoms with van der Waals surface area (Å²) in [5, 5.41) is 0.646. The molecule has 0 aliphatic carbocycles. The van der Waals surface area contributed by atoms with Crippen LogP contribution in [-0.4, -0.2) is 62.3 Å². The first-order valence-corrected chi connectivity index (χ1v) is 11.7. The maximum absolute atomic E-state index is 13.3. The number of aromatic nitrogens is 1. The largest absolute Gasteiger partial charge is 0.493 e. The van der Waals surface area contributed by atoms with E-state index in [2.05, 4.69) is 18.7 Å². The van der Waals surface area contributed by atoms with Gasteiger partial charge in [-0.3, -0.25) is 9.69 Å². The number of thiazole rings is 1. The molecule has 0 N–H and O–H groups in total. The Hall–Kier alpha value is -2.55. The summed E-state index contributed by atoms with van der Waals surface area (Å²) in [6, 6.07) is 13.2. The van der Waals surface area contributed by atoms with Gasteiger partial charge in [0.15, 0.2) is 23.2 Å². The van der Waals surface area contributed by atoms with E-state index in [0.29, 0.717) is 29.8 Å². The summed E-state index contributed by atoms with van der Waals surface area (Å²) in [6.45, 7) is 9.76. The number of fused-ring (bicyclic) bond motifs is 1.